The number of alkyl halides is 1. The van der Waals surface area contributed by atoms with Crippen LogP contribution >= 0.6 is 15.9 Å². The maximum absolute atomic E-state index is 5.42. The van der Waals surface area contributed by atoms with E-state index in [1.54, 1.807) is 0 Å². The molecule has 0 spiro atoms. The van der Waals surface area contributed by atoms with Gasteiger partial charge in [-0.3, -0.25) is 0 Å². The highest BCUT2D eigenvalue weighted by Gasteiger charge is 2.37. The Labute approximate surface area is 80.9 Å². The maximum Gasteiger partial charge on any atom is 0.0941 e. The molecule has 0 saturated carbocycles. The molecule has 0 bridgehead atoms. The van der Waals surface area contributed by atoms with Crippen molar-refractivity contribution in [3.63, 3.8) is 0 Å². The van der Waals surface area contributed by atoms with Crippen LogP contribution in [0.1, 0.15) is 5.56 Å². The van der Waals surface area contributed by atoms with E-state index < -0.39 is 0 Å². The van der Waals surface area contributed by atoms with Crippen LogP contribution in [0, 0.1) is 0 Å². The van der Waals surface area contributed by atoms with Crippen LogP contribution in [0.15, 0.2) is 30.3 Å². The second kappa shape index (κ2) is 3.58. The third kappa shape index (κ3) is 1.87. The van der Waals surface area contributed by atoms with Crippen LogP contribution in [-0.4, -0.2) is 17.5 Å². The van der Waals surface area contributed by atoms with E-state index in [1.165, 1.54) is 5.56 Å². The Kier molecular flexibility index (Phi) is 2.47. The lowest BCUT2D eigenvalue weighted by Crippen LogP contribution is -1.98. The van der Waals surface area contributed by atoms with Gasteiger partial charge in [-0.2, -0.15) is 0 Å². The number of halogens is 1. The van der Waals surface area contributed by atoms with Crippen LogP contribution < -0.4 is 0 Å². The molecule has 1 saturated heterocycles. The largest absolute Gasteiger partial charge is 0.368 e. The van der Waals surface area contributed by atoms with Crippen molar-refractivity contribution in [3.05, 3.63) is 35.9 Å². The summed E-state index contributed by atoms with van der Waals surface area (Å²) in [5, 5.41) is 0.963. The van der Waals surface area contributed by atoms with Gasteiger partial charge in [-0.1, -0.05) is 46.3 Å². The zero-order valence-corrected chi connectivity index (χ0v) is 8.33. The zero-order valence-electron chi connectivity index (χ0n) is 6.74. The Morgan fingerprint density at radius 3 is 2.50 bits per heavy atom. The first kappa shape index (κ1) is 8.27. The van der Waals surface area contributed by atoms with Gasteiger partial charge in [0, 0.05) is 11.8 Å². The lowest BCUT2D eigenvalue weighted by Gasteiger charge is -1.94. The van der Waals surface area contributed by atoms with E-state index in [2.05, 4.69) is 40.2 Å². The minimum Gasteiger partial charge on any atom is -0.368 e. The topological polar surface area (TPSA) is 12.5 Å². The van der Waals surface area contributed by atoms with Gasteiger partial charge in [-0.25, -0.2) is 0 Å². The van der Waals surface area contributed by atoms with Crippen LogP contribution in [-0.2, 0) is 11.2 Å². The molecular formula is C10H11BrO. The predicted octanol–water partition coefficient (Wildman–Crippen LogP) is 2.39. The summed E-state index contributed by atoms with van der Waals surface area (Å²) in [7, 11) is 0. The summed E-state index contributed by atoms with van der Waals surface area (Å²) in [6.45, 7) is 0. The molecule has 0 aliphatic carbocycles. The number of benzene rings is 1. The fourth-order valence-electron chi connectivity index (χ4n) is 1.34. The van der Waals surface area contributed by atoms with Gasteiger partial charge in [-0.05, 0) is 5.56 Å². The lowest BCUT2D eigenvalue weighted by molar-refractivity contribution is 0.380. The molecule has 1 aliphatic heterocycles. The van der Waals surface area contributed by atoms with Crippen LogP contribution in [0.5, 0.6) is 0 Å². The summed E-state index contributed by atoms with van der Waals surface area (Å²) in [5.74, 6) is 0. The molecule has 1 aliphatic rings. The monoisotopic (exact) mass is 226 g/mol. The number of hydrogen-bond acceptors (Lipinski definition) is 1. The molecule has 2 unspecified atom stereocenters. The highest BCUT2D eigenvalue weighted by molar-refractivity contribution is 9.09. The molecule has 0 amide bonds. The minimum atomic E-state index is 0.449. The molecule has 1 fully saturated rings. The molecule has 64 valence electrons. The lowest BCUT2D eigenvalue weighted by atomic mass is 10.1. The van der Waals surface area contributed by atoms with Crippen molar-refractivity contribution in [2.45, 2.75) is 18.6 Å². The number of epoxide rings is 1. The first-order chi connectivity index (χ1) is 5.90. The normalized spacial score (nSPS) is 27.1. The van der Waals surface area contributed by atoms with Crippen molar-refractivity contribution in [1.82, 2.24) is 0 Å². The molecule has 2 atom stereocenters. The van der Waals surface area contributed by atoms with Crippen molar-refractivity contribution in [2.24, 2.45) is 0 Å². The van der Waals surface area contributed by atoms with Gasteiger partial charge in [-0.15, -0.1) is 0 Å². The summed E-state index contributed by atoms with van der Waals surface area (Å²) in [4.78, 5) is 0. The Bertz CT molecular complexity index is 247. The Balaban J connectivity index is 1.89. The molecule has 1 heterocycles. The Morgan fingerprint density at radius 1 is 1.17 bits per heavy atom. The highest BCUT2D eigenvalue weighted by atomic mass is 79.9. The molecule has 2 rings (SSSR count). The van der Waals surface area contributed by atoms with Gasteiger partial charge in [0.2, 0.25) is 0 Å². The van der Waals surface area contributed by atoms with Gasteiger partial charge in [0.05, 0.1) is 12.2 Å². The van der Waals surface area contributed by atoms with Crippen molar-refractivity contribution in [2.75, 3.05) is 5.33 Å². The fourth-order valence-corrected chi connectivity index (χ4v) is 1.91. The van der Waals surface area contributed by atoms with Gasteiger partial charge < -0.3 is 4.74 Å². The maximum atomic E-state index is 5.42. The van der Waals surface area contributed by atoms with Crippen molar-refractivity contribution in [1.29, 1.82) is 0 Å². The average Bonchev–Trinajstić information content (AvgIpc) is 2.85. The second-order valence-corrected chi connectivity index (χ2v) is 3.70. The molecule has 1 aromatic rings. The van der Waals surface area contributed by atoms with Crippen LogP contribution in [0.25, 0.3) is 0 Å². The molecule has 2 heteroatoms. The van der Waals surface area contributed by atoms with Gasteiger partial charge in [0.1, 0.15) is 0 Å². The van der Waals surface area contributed by atoms with Gasteiger partial charge in [0.15, 0.2) is 0 Å². The summed E-state index contributed by atoms with van der Waals surface area (Å²) in [5.41, 5.74) is 1.37. The number of ether oxygens (including phenoxy) is 1. The van der Waals surface area contributed by atoms with Crippen molar-refractivity contribution in [3.8, 4) is 0 Å². The smallest absolute Gasteiger partial charge is 0.0941 e. The first-order valence-electron chi connectivity index (χ1n) is 4.15. The molecule has 1 aromatic carbocycles. The molecule has 1 nitrogen and oxygen atoms in total. The Morgan fingerprint density at radius 2 is 1.92 bits per heavy atom. The van der Waals surface area contributed by atoms with E-state index in [0.29, 0.717) is 12.2 Å². The highest BCUT2D eigenvalue weighted by Crippen LogP contribution is 2.27. The van der Waals surface area contributed by atoms with E-state index in [-0.39, 0.29) is 0 Å². The van der Waals surface area contributed by atoms with Crippen LogP contribution in [0.2, 0.25) is 0 Å². The van der Waals surface area contributed by atoms with E-state index in [4.69, 9.17) is 4.74 Å². The van der Waals surface area contributed by atoms with E-state index in [9.17, 15) is 0 Å². The first-order valence-corrected chi connectivity index (χ1v) is 5.27. The fraction of sp³-hybridized carbons (Fsp3) is 0.400. The predicted molar refractivity (Wildman–Crippen MR) is 52.6 cm³/mol. The van der Waals surface area contributed by atoms with E-state index >= 15 is 0 Å². The van der Waals surface area contributed by atoms with Gasteiger partial charge in [0.25, 0.3) is 0 Å². The third-order valence-electron chi connectivity index (χ3n) is 2.12. The molecule has 0 aromatic heterocycles. The second-order valence-electron chi connectivity index (χ2n) is 3.06. The molecule has 0 radical (unpaired) electrons. The summed E-state index contributed by atoms with van der Waals surface area (Å²) < 4.78 is 5.42. The summed E-state index contributed by atoms with van der Waals surface area (Å²) in [6.07, 6.45) is 1.95. The summed E-state index contributed by atoms with van der Waals surface area (Å²) >= 11 is 3.40. The minimum absolute atomic E-state index is 0.449. The third-order valence-corrected chi connectivity index (χ3v) is 2.76. The number of rotatable bonds is 3. The zero-order chi connectivity index (χ0) is 8.39. The Hall–Kier alpha value is -0.340. The summed E-state index contributed by atoms with van der Waals surface area (Å²) in [6, 6.07) is 10.5. The molecular weight excluding hydrogens is 216 g/mol. The molecule has 12 heavy (non-hydrogen) atoms. The van der Waals surface area contributed by atoms with Crippen LogP contribution in [0.4, 0.5) is 0 Å². The van der Waals surface area contributed by atoms with Gasteiger partial charge >= 0.3 is 0 Å². The SMILES string of the molecule is BrCC1OC1Cc1ccccc1. The van der Waals surface area contributed by atoms with E-state index in [1.807, 2.05) is 6.07 Å². The van der Waals surface area contributed by atoms with Crippen molar-refractivity contribution < 1.29 is 4.74 Å². The molecule has 0 N–H and O–H groups in total. The standard InChI is InChI=1S/C10H11BrO/c11-7-10-9(12-10)6-8-4-2-1-3-5-8/h1-5,9-10H,6-7H2. The van der Waals surface area contributed by atoms with Crippen molar-refractivity contribution >= 4 is 15.9 Å². The number of hydrogen-bond donors (Lipinski definition) is 0. The quantitative estimate of drug-likeness (QED) is 0.570. The van der Waals surface area contributed by atoms with E-state index in [0.717, 1.165) is 11.8 Å². The average molecular weight is 227 g/mol. The van der Waals surface area contributed by atoms with Crippen LogP contribution in [0.3, 0.4) is 0 Å².